The molecule has 0 saturated carbocycles. The van der Waals surface area contributed by atoms with Crippen molar-refractivity contribution in [3.63, 3.8) is 0 Å². The lowest BCUT2D eigenvalue weighted by atomic mass is 10.1. The van der Waals surface area contributed by atoms with Crippen molar-refractivity contribution in [2.75, 3.05) is 26.8 Å². The van der Waals surface area contributed by atoms with E-state index in [1.165, 1.54) is 4.90 Å². The van der Waals surface area contributed by atoms with Gasteiger partial charge in [-0.15, -0.1) is 0 Å². The van der Waals surface area contributed by atoms with Crippen molar-refractivity contribution < 1.29 is 28.6 Å². The molecule has 1 aromatic carbocycles. The Bertz CT molecular complexity index is 806. The molecule has 0 aliphatic carbocycles. The maximum Gasteiger partial charge on any atom is 0.305 e. The smallest absolute Gasteiger partial charge is 0.305 e. The molecule has 2 heterocycles. The standard InChI is InChI=1S/C19H23NO6/c1-12-14-6-3-7-15(24-2)18(14)26-17(12)19(23)20(9-8-16(21)22)11-13-5-4-10-25-13/h3,6-7,13H,4-5,8-11H2,1-2H3,(H,21,22)/t13-/m0/s1. The molecule has 3 rings (SSSR count). The number of hydrogen-bond acceptors (Lipinski definition) is 5. The maximum absolute atomic E-state index is 13.1. The molecule has 140 valence electrons. The molecule has 1 aliphatic heterocycles. The van der Waals surface area contributed by atoms with Gasteiger partial charge in [-0.05, 0) is 25.8 Å². The van der Waals surface area contributed by atoms with E-state index in [0.717, 1.165) is 23.8 Å². The SMILES string of the molecule is COc1cccc2c(C)c(C(=O)N(CCC(=O)O)C[C@@H]3CCCO3)oc12. The number of furan rings is 1. The highest BCUT2D eigenvalue weighted by Crippen LogP contribution is 2.33. The number of carboxylic acids is 1. The highest BCUT2D eigenvalue weighted by Gasteiger charge is 2.28. The molecule has 1 aliphatic rings. The van der Waals surface area contributed by atoms with Gasteiger partial charge in [0.25, 0.3) is 5.91 Å². The van der Waals surface area contributed by atoms with Crippen LogP contribution in [0.3, 0.4) is 0 Å². The van der Waals surface area contributed by atoms with Gasteiger partial charge in [-0.1, -0.05) is 12.1 Å². The number of fused-ring (bicyclic) bond motifs is 1. The second-order valence-electron chi connectivity index (χ2n) is 6.42. The Kier molecular flexibility index (Phi) is 5.46. The lowest BCUT2D eigenvalue weighted by Crippen LogP contribution is -2.38. The number of benzene rings is 1. The van der Waals surface area contributed by atoms with Crippen LogP contribution in [0, 0.1) is 6.92 Å². The van der Waals surface area contributed by atoms with Gasteiger partial charge in [0.2, 0.25) is 0 Å². The van der Waals surface area contributed by atoms with Gasteiger partial charge in [0, 0.05) is 30.6 Å². The summed E-state index contributed by atoms with van der Waals surface area (Å²) in [5.41, 5.74) is 1.24. The number of carbonyl (C=O) groups excluding carboxylic acids is 1. The fourth-order valence-electron chi connectivity index (χ4n) is 3.27. The average Bonchev–Trinajstić information content (AvgIpc) is 3.25. The molecular formula is C19H23NO6. The number of amides is 1. The summed E-state index contributed by atoms with van der Waals surface area (Å²) >= 11 is 0. The molecule has 0 unspecified atom stereocenters. The van der Waals surface area contributed by atoms with Gasteiger partial charge in [0.05, 0.1) is 19.6 Å². The van der Waals surface area contributed by atoms with Gasteiger partial charge >= 0.3 is 5.97 Å². The Morgan fingerprint density at radius 3 is 2.85 bits per heavy atom. The molecule has 7 heteroatoms. The predicted octanol–water partition coefficient (Wildman–Crippen LogP) is 2.85. The van der Waals surface area contributed by atoms with E-state index in [2.05, 4.69) is 0 Å². The number of methoxy groups -OCH3 is 1. The summed E-state index contributed by atoms with van der Waals surface area (Å²) in [6.45, 7) is 2.97. The van der Waals surface area contributed by atoms with Crippen molar-refractivity contribution in [3.8, 4) is 5.75 Å². The first-order valence-electron chi connectivity index (χ1n) is 8.70. The van der Waals surface area contributed by atoms with Crippen molar-refractivity contribution in [3.05, 3.63) is 29.5 Å². The van der Waals surface area contributed by atoms with Crippen LogP contribution in [0.2, 0.25) is 0 Å². The first-order chi connectivity index (χ1) is 12.5. The van der Waals surface area contributed by atoms with Crippen LogP contribution in [0.4, 0.5) is 0 Å². The Balaban J connectivity index is 1.90. The summed E-state index contributed by atoms with van der Waals surface area (Å²) in [5.74, 6) is -0.496. The third kappa shape index (κ3) is 3.67. The van der Waals surface area contributed by atoms with Gasteiger partial charge in [0.1, 0.15) is 0 Å². The summed E-state index contributed by atoms with van der Waals surface area (Å²) in [5, 5.41) is 9.81. The quantitative estimate of drug-likeness (QED) is 0.816. The molecule has 0 radical (unpaired) electrons. The van der Waals surface area contributed by atoms with E-state index in [1.807, 2.05) is 19.1 Å². The van der Waals surface area contributed by atoms with Crippen molar-refractivity contribution >= 4 is 22.8 Å². The van der Waals surface area contributed by atoms with Crippen LogP contribution in [-0.2, 0) is 9.53 Å². The lowest BCUT2D eigenvalue weighted by Gasteiger charge is -2.24. The monoisotopic (exact) mass is 361 g/mol. The van der Waals surface area contributed by atoms with E-state index in [4.69, 9.17) is 19.0 Å². The number of hydrogen-bond donors (Lipinski definition) is 1. The number of nitrogens with zero attached hydrogens (tertiary/aromatic N) is 1. The molecule has 1 aromatic heterocycles. The minimum Gasteiger partial charge on any atom is -0.493 e. The molecule has 1 fully saturated rings. The van der Waals surface area contributed by atoms with E-state index in [-0.39, 0.29) is 30.7 Å². The number of carbonyl (C=O) groups is 2. The number of para-hydroxylation sites is 1. The number of aryl methyl sites for hydroxylation is 1. The molecule has 0 bridgehead atoms. The van der Waals surface area contributed by atoms with Crippen LogP contribution in [-0.4, -0.2) is 54.8 Å². The molecule has 2 aromatic rings. The van der Waals surface area contributed by atoms with Crippen LogP contribution in [0.1, 0.15) is 35.4 Å². The zero-order valence-electron chi connectivity index (χ0n) is 15.0. The third-order valence-electron chi connectivity index (χ3n) is 4.67. The van der Waals surface area contributed by atoms with Gasteiger partial charge in [-0.25, -0.2) is 0 Å². The van der Waals surface area contributed by atoms with Crippen molar-refractivity contribution in [2.45, 2.75) is 32.3 Å². The highest BCUT2D eigenvalue weighted by molar-refractivity contribution is 6.00. The molecule has 26 heavy (non-hydrogen) atoms. The fourth-order valence-corrected chi connectivity index (χ4v) is 3.27. The first-order valence-corrected chi connectivity index (χ1v) is 8.70. The second kappa shape index (κ2) is 7.78. The third-order valence-corrected chi connectivity index (χ3v) is 4.67. The largest absolute Gasteiger partial charge is 0.493 e. The number of carboxylic acid groups (broad SMARTS) is 1. The Morgan fingerprint density at radius 1 is 1.38 bits per heavy atom. The Labute approximate surface area is 151 Å². The Hall–Kier alpha value is -2.54. The summed E-state index contributed by atoms with van der Waals surface area (Å²) in [7, 11) is 1.55. The second-order valence-corrected chi connectivity index (χ2v) is 6.42. The van der Waals surface area contributed by atoms with Crippen LogP contribution in [0.15, 0.2) is 22.6 Å². The normalized spacial score (nSPS) is 16.8. The molecular weight excluding hydrogens is 338 g/mol. The molecule has 1 atom stereocenters. The van der Waals surface area contributed by atoms with Crippen molar-refractivity contribution in [1.82, 2.24) is 4.90 Å². The summed E-state index contributed by atoms with van der Waals surface area (Å²) in [6.07, 6.45) is 1.63. The van der Waals surface area contributed by atoms with Gasteiger partial charge in [-0.2, -0.15) is 0 Å². The van der Waals surface area contributed by atoms with Crippen molar-refractivity contribution in [2.24, 2.45) is 0 Å². The van der Waals surface area contributed by atoms with Gasteiger partial charge < -0.3 is 23.9 Å². The van der Waals surface area contributed by atoms with E-state index in [1.54, 1.807) is 13.2 Å². The summed E-state index contributed by atoms with van der Waals surface area (Å²) in [4.78, 5) is 25.6. The van der Waals surface area contributed by atoms with E-state index < -0.39 is 5.97 Å². The fraction of sp³-hybridized carbons (Fsp3) is 0.474. The molecule has 7 nitrogen and oxygen atoms in total. The summed E-state index contributed by atoms with van der Waals surface area (Å²) in [6, 6.07) is 5.48. The Morgan fingerprint density at radius 2 is 2.19 bits per heavy atom. The zero-order chi connectivity index (χ0) is 18.7. The predicted molar refractivity (Wildman–Crippen MR) is 94.6 cm³/mol. The van der Waals surface area contributed by atoms with Crippen LogP contribution in [0.25, 0.3) is 11.0 Å². The zero-order valence-corrected chi connectivity index (χ0v) is 15.0. The first kappa shape index (κ1) is 18.3. The van der Waals surface area contributed by atoms with Crippen LogP contribution >= 0.6 is 0 Å². The molecule has 1 N–H and O–H groups in total. The number of ether oxygens (including phenoxy) is 2. The van der Waals surface area contributed by atoms with E-state index in [9.17, 15) is 9.59 Å². The minimum atomic E-state index is -0.946. The van der Waals surface area contributed by atoms with Crippen LogP contribution < -0.4 is 4.74 Å². The highest BCUT2D eigenvalue weighted by atomic mass is 16.5. The van der Waals surface area contributed by atoms with Crippen LogP contribution in [0.5, 0.6) is 5.75 Å². The van der Waals surface area contributed by atoms with E-state index >= 15 is 0 Å². The average molecular weight is 361 g/mol. The topological polar surface area (TPSA) is 89.2 Å². The lowest BCUT2D eigenvalue weighted by molar-refractivity contribution is -0.137. The van der Waals surface area contributed by atoms with Crippen molar-refractivity contribution in [1.29, 1.82) is 0 Å². The molecule has 1 saturated heterocycles. The number of rotatable bonds is 7. The maximum atomic E-state index is 13.1. The van der Waals surface area contributed by atoms with E-state index in [0.29, 0.717) is 24.5 Å². The minimum absolute atomic E-state index is 0.0630. The number of aliphatic carboxylic acids is 1. The summed E-state index contributed by atoms with van der Waals surface area (Å²) < 4.78 is 16.7. The van der Waals surface area contributed by atoms with Gasteiger partial charge in [0.15, 0.2) is 17.1 Å². The molecule has 1 amide bonds. The van der Waals surface area contributed by atoms with Gasteiger partial charge in [-0.3, -0.25) is 9.59 Å². The molecule has 0 spiro atoms.